The molecule has 3 aromatic rings. The molecule has 6 nitrogen and oxygen atoms in total. The number of aromatic nitrogens is 1. The molecule has 0 spiro atoms. The molecule has 0 radical (unpaired) electrons. The van der Waals surface area contributed by atoms with Crippen molar-refractivity contribution in [2.75, 3.05) is 39.8 Å². The largest absolute Gasteiger partial charge is 0.493 e. The highest BCUT2D eigenvalue weighted by Crippen LogP contribution is 2.31. The molecular weight excluding hydrogens is 470 g/mol. The second-order valence-corrected chi connectivity index (χ2v) is 12.7. The molecule has 1 aromatic heterocycles. The summed E-state index contributed by atoms with van der Waals surface area (Å²) in [5.74, 6) is 1.80. The monoisotopic (exact) mass is 509 g/mol. The maximum atomic E-state index is 14.0. The van der Waals surface area contributed by atoms with E-state index in [9.17, 15) is 8.42 Å². The Hall–Kier alpha value is -2.35. The van der Waals surface area contributed by atoms with Crippen LogP contribution in [0.1, 0.15) is 56.7 Å². The zero-order chi connectivity index (χ0) is 25.3. The first-order chi connectivity index (χ1) is 17.3. The van der Waals surface area contributed by atoms with Crippen molar-refractivity contribution in [1.29, 1.82) is 0 Å². The Balaban J connectivity index is 1.50. The SMILES string of the molecule is CC(C)c1ccc(S(=O)(=O)n2c(CN3CCN(C)CC3)cc3cc(OCC4CCCC4)ccc32)cc1. The number of likely N-dealkylation sites (N-methyl/N-ethyl adjacent to an activating group) is 1. The number of fused-ring (bicyclic) bond motifs is 1. The first-order valence-corrected chi connectivity index (χ1v) is 14.8. The smallest absolute Gasteiger partial charge is 0.268 e. The van der Waals surface area contributed by atoms with Crippen LogP contribution in [0, 0.1) is 5.92 Å². The van der Waals surface area contributed by atoms with Crippen LogP contribution in [0.15, 0.2) is 53.4 Å². The molecule has 1 saturated carbocycles. The molecule has 2 aromatic carbocycles. The fourth-order valence-corrected chi connectivity index (χ4v) is 7.00. The van der Waals surface area contributed by atoms with Gasteiger partial charge in [0.05, 0.1) is 17.0 Å². The third kappa shape index (κ3) is 5.34. The highest BCUT2D eigenvalue weighted by Gasteiger charge is 2.26. The Labute approximate surface area is 215 Å². The minimum Gasteiger partial charge on any atom is -0.493 e. The normalized spacial score (nSPS) is 18.4. The lowest BCUT2D eigenvalue weighted by molar-refractivity contribution is 0.147. The van der Waals surface area contributed by atoms with Crippen LogP contribution in [0.3, 0.4) is 0 Å². The third-order valence-corrected chi connectivity index (χ3v) is 9.61. The average molecular weight is 510 g/mol. The minimum absolute atomic E-state index is 0.325. The lowest BCUT2D eigenvalue weighted by Crippen LogP contribution is -2.44. The van der Waals surface area contributed by atoms with Crippen LogP contribution in [-0.2, 0) is 16.6 Å². The standard InChI is InChI=1S/C29H39N3O3S/c1-22(2)24-8-11-28(12-9-24)36(33,34)32-26(20-31-16-14-30(3)15-17-31)18-25-19-27(10-13-29(25)32)35-21-23-6-4-5-7-23/h8-13,18-19,22-23H,4-7,14-17,20-21H2,1-3H3. The van der Waals surface area contributed by atoms with Crippen molar-refractivity contribution in [3.63, 3.8) is 0 Å². The van der Waals surface area contributed by atoms with Gasteiger partial charge in [-0.3, -0.25) is 4.90 Å². The predicted octanol–water partition coefficient (Wildman–Crippen LogP) is 5.32. The summed E-state index contributed by atoms with van der Waals surface area (Å²) in [7, 11) is -1.62. The maximum absolute atomic E-state index is 14.0. The van der Waals surface area contributed by atoms with E-state index in [1.165, 1.54) is 25.7 Å². The Morgan fingerprint density at radius 2 is 1.64 bits per heavy atom. The Bertz CT molecular complexity index is 1280. The number of piperazine rings is 1. The van der Waals surface area contributed by atoms with E-state index in [0.29, 0.717) is 28.8 Å². The van der Waals surface area contributed by atoms with Crippen molar-refractivity contribution in [2.45, 2.75) is 56.9 Å². The summed E-state index contributed by atoms with van der Waals surface area (Å²) >= 11 is 0. The Morgan fingerprint density at radius 1 is 0.944 bits per heavy atom. The second kappa shape index (κ2) is 10.6. The van der Waals surface area contributed by atoms with Crippen molar-refractivity contribution >= 4 is 20.9 Å². The summed E-state index contributed by atoms with van der Waals surface area (Å²) < 4.78 is 35.7. The molecule has 0 bridgehead atoms. The lowest BCUT2D eigenvalue weighted by Gasteiger charge is -2.32. The van der Waals surface area contributed by atoms with Crippen molar-refractivity contribution < 1.29 is 13.2 Å². The zero-order valence-electron chi connectivity index (χ0n) is 21.8. The van der Waals surface area contributed by atoms with Gasteiger partial charge in [0.25, 0.3) is 10.0 Å². The Morgan fingerprint density at radius 3 is 2.31 bits per heavy atom. The van der Waals surface area contributed by atoms with E-state index in [1.54, 1.807) is 16.1 Å². The van der Waals surface area contributed by atoms with Gasteiger partial charge in [0.1, 0.15) is 5.75 Å². The van der Waals surface area contributed by atoms with Gasteiger partial charge in [0.2, 0.25) is 0 Å². The topological polar surface area (TPSA) is 54.8 Å². The number of rotatable bonds is 8. The molecule has 36 heavy (non-hydrogen) atoms. The van der Waals surface area contributed by atoms with Gasteiger partial charge in [-0.2, -0.15) is 0 Å². The van der Waals surface area contributed by atoms with E-state index in [0.717, 1.165) is 55.2 Å². The summed E-state index contributed by atoms with van der Waals surface area (Å²) in [6.45, 7) is 9.40. The van der Waals surface area contributed by atoms with Gasteiger partial charge in [-0.05, 0) is 73.7 Å². The zero-order valence-corrected chi connectivity index (χ0v) is 22.6. The summed E-state index contributed by atoms with van der Waals surface area (Å²) in [4.78, 5) is 4.98. The van der Waals surface area contributed by atoms with E-state index in [2.05, 4.69) is 30.7 Å². The van der Waals surface area contributed by atoms with Crippen molar-refractivity contribution in [3.8, 4) is 5.75 Å². The van der Waals surface area contributed by atoms with Gasteiger partial charge in [-0.1, -0.05) is 38.8 Å². The summed E-state index contributed by atoms with van der Waals surface area (Å²) in [5, 5.41) is 0.908. The molecule has 1 aliphatic carbocycles. The number of benzene rings is 2. The van der Waals surface area contributed by atoms with Crippen LogP contribution < -0.4 is 4.74 Å². The van der Waals surface area contributed by atoms with Gasteiger partial charge >= 0.3 is 0 Å². The van der Waals surface area contributed by atoms with E-state index in [4.69, 9.17) is 4.74 Å². The van der Waals surface area contributed by atoms with E-state index >= 15 is 0 Å². The van der Waals surface area contributed by atoms with Crippen LogP contribution in [0.25, 0.3) is 10.9 Å². The second-order valence-electron chi connectivity index (χ2n) is 10.9. The molecule has 7 heteroatoms. The molecule has 1 aliphatic heterocycles. The van der Waals surface area contributed by atoms with Crippen molar-refractivity contribution in [1.82, 2.24) is 13.8 Å². The first kappa shape index (κ1) is 25.3. The number of nitrogens with zero attached hydrogens (tertiary/aromatic N) is 3. The molecule has 1 saturated heterocycles. The maximum Gasteiger partial charge on any atom is 0.268 e. The van der Waals surface area contributed by atoms with Crippen LogP contribution >= 0.6 is 0 Å². The third-order valence-electron chi connectivity index (χ3n) is 7.83. The molecule has 2 heterocycles. The predicted molar refractivity (Wildman–Crippen MR) is 145 cm³/mol. The fourth-order valence-electron chi connectivity index (χ4n) is 5.47. The molecule has 0 atom stereocenters. The summed E-state index contributed by atoms with van der Waals surface area (Å²) in [6.07, 6.45) is 5.06. The molecule has 0 N–H and O–H groups in total. The lowest BCUT2D eigenvalue weighted by atomic mass is 10.0. The molecule has 194 valence electrons. The van der Waals surface area contributed by atoms with E-state index in [1.807, 2.05) is 36.4 Å². The fraction of sp³-hybridized carbons (Fsp3) is 0.517. The molecule has 2 aliphatic rings. The number of hydrogen-bond donors (Lipinski definition) is 0. The summed E-state index contributed by atoms with van der Waals surface area (Å²) in [6, 6.07) is 15.2. The highest BCUT2D eigenvalue weighted by molar-refractivity contribution is 7.90. The summed E-state index contributed by atoms with van der Waals surface area (Å²) in [5.41, 5.74) is 2.64. The first-order valence-electron chi connectivity index (χ1n) is 13.3. The molecule has 0 unspecified atom stereocenters. The van der Waals surface area contributed by atoms with Gasteiger partial charge in [-0.25, -0.2) is 12.4 Å². The van der Waals surface area contributed by atoms with Crippen LogP contribution in [0.5, 0.6) is 5.75 Å². The Kier molecular flexibility index (Phi) is 7.42. The average Bonchev–Trinajstić information content (AvgIpc) is 3.51. The van der Waals surface area contributed by atoms with Gasteiger partial charge in [0.15, 0.2) is 0 Å². The van der Waals surface area contributed by atoms with Crippen LogP contribution in [0.4, 0.5) is 0 Å². The van der Waals surface area contributed by atoms with E-state index < -0.39 is 10.0 Å². The molecular formula is C29H39N3O3S. The van der Waals surface area contributed by atoms with Crippen molar-refractivity contribution in [2.24, 2.45) is 5.92 Å². The van der Waals surface area contributed by atoms with Crippen molar-refractivity contribution in [3.05, 3.63) is 59.8 Å². The number of hydrogen-bond acceptors (Lipinski definition) is 5. The highest BCUT2D eigenvalue weighted by atomic mass is 32.2. The van der Waals surface area contributed by atoms with Gasteiger partial charge in [-0.15, -0.1) is 0 Å². The van der Waals surface area contributed by atoms with Gasteiger partial charge < -0.3 is 9.64 Å². The minimum atomic E-state index is -3.76. The molecule has 5 rings (SSSR count). The van der Waals surface area contributed by atoms with E-state index in [-0.39, 0.29) is 0 Å². The quantitative estimate of drug-likeness (QED) is 0.412. The number of ether oxygens (including phenoxy) is 1. The van der Waals surface area contributed by atoms with Crippen LogP contribution in [0.2, 0.25) is 0 Å². The molecule has 0 amide bonds. The molecule has 2 fully saturated rings. The van der Waals surface area contributed by atoms with Crippen LogP contribution in [-0.4, -0.2) is 62.0 Å². The van der Waals surface area contributed by atoms with Gasteiger partial charge in [0, 0.05) is 43.8 Å².